The largest absolute Gasteiger partial charge is 0.339 e. The number of aryl methyl sites for hydroxylation is 1. The number of aromatic nitrogens is 2. The van der Waals surface area contributed by atoms with Gasteiger partial charge in [0.05, 0.1) is 17.1 Å². The van der Waals surface area contributed by atoms with Crippen LogP contribution in [0.1, 0.15) is 31.0 Å². The molecule has 0 saturated heterocycles. The van der Waals surface area contributed by atoms with Crippen LogP contribution in [0, 0.1) is 18.3 Å². The van der Waals surface area contributed by atoms with Gasteiger partial charge in [-0.1, -0.05) is 12.1 Å². The number of nitriles is 1. The molecule has 144 valence electrons. The summed E-state index contributed by atoms with van der Waals surface area (Å²) in [5.41, 5.74) is 9.02. The van der Waals surface area contributed by atoms with Crippen molar-refractivity contribution in [3.63, 3.8) is 0 Å². The van der Waals surface area contributed by atoms with Crippen LogP contribution in [-0.4, -0.2) is 29.0 Å². The first-order chi connectivity index (χ1) is 13.6. The molecule has 0 spiro atoms. The number of nitrogens with zero attached hydrogens (tertiary/aromatic N) is 4. The van der Waals surface area contributed by atoms with Gasteiger partial charge < -0.3 is 16.0 Å². The Labute approximate surface area is 164 Å². The molecule has 0 atom stereocenters. The lowest BCUT2D eigenvalue weighted by molar-refractivity contribution is -0.116. The van der Waals surface area contributed by atoms with Gasteiger partial charge >= 0.3 is 0 Å². The fourth-order valence-corrected chi connectivity index (χ4v) is 3.08. The van der Waals surface area contributed by atoms with Crippen LogP contribution >= 0.6 is 0 Å². The number of carbonyl (C=O) groups excluding carboxylic acids is 1. The molecule has 0 unspecified atom stereocenters. The minimum Gasteiger partial charge on any atom is -0.339 e. The van der Waals surface area contributed by atoms with Crippen LogP contribution in [0.15, 0.2) is 36.3 Å². The van der Waals surface area contributed by atoms with Crippen molar-refractivity contribution >= 4 is 28.8 Å². The predicted molar refractivity (Wildman–Crippen MR) is 109 cm³/mol. The van der Waals surface area contributed by atoms with E-state index in [1.165, 1.54) is 0 Å². The van der Waals surface area contributed by atoms with Crippen molar-refractivity contribution in [3.8, 4) is 6.07 Å². The highest BCUT2D eigenvalue weighted by Crippen LogP contribution is 2.38. The Morgan fingerprint density at radius 2 is 2.18 bits per heavy atom. The van der Waals surface area contributed by atoms with Crippen molar-refractivity contribution in [1.82, 2.24) is 9.97 Å². The minimum atomic E-state index is -0.201. The van der Waals surface area contributed by atoms with Crippen LogP contribution < -0.4 is 21.3 Å². The first-order valence-electron chi connectivity index (χ1n) is 9.21. The van der Waals surface area contributed by atoms with Gasteiger partial charge in [-0.15, -0.1) is 0 Å². The van der Waals surface area contributed by atoms with Crippen molar-refractivity contribution < 1.29 is 4.79 Å². The number of amides is 1. The quantitative estimate of drug-likeness (QED) is 0.662. The molecule has 0 fully saturated rings. The molecule has 2 heterocycles. The Hall–Kier alpha value is -3.44. The topological polar surface area (TPSA) is 120 Å². The van der Waals surface area contributed by atoms with Gasteiger partial charge in [-0.2, -0.15) is 5.26 Å². The average Bonchev–Trinajstić information content (AvgIpc) is 3.07. The summed E-state index contributed by atoms with van der Waals surface area (Å²) in [4.78, 5) is 22.6. The molecule has 1 aliphatic heterocycles. The van der Waals surface area contributed by atoms with Gasteiger partial charge in [0.2, 0.25) is 11.9 Å². The summed E-state index contributed by atoms with van der Waals surface area (Å²) in [5, 5.41) is 15.9. The highest BCUT2D eigenvalue weighted by Gasteiger charge is 2.27. The van der Waals surface area contributed by atoms with E-state index in [0.717, 1.165) is 16.9 Å². The monoisotopic (exact) mass is 377 g/mol. The zero-order valence-corrected chi connectivity index (χ0v) is 16.0. The fourth-order valence-electron chi connectivity index (χ4n) is 3.08. The van der Waals surface area contributed by atoms with Gasteiger partial charge in [0.15, 0.2) is 0 Å². The fraction of sp³-hybridized carbons (Fsp3) is 0.300. The molecule has 28 heavy (non-hydrogen) atoms. The van der Waals surface area contributed by atoms with Crippen LogP contribution in [0.2, 0.25) is 0 Å². The van der Waals surface area contributed by atoms with Crippen LogP contribution in [0.25, 0.3) is 5.57 Å². The summed E-state index contributed by atoms with van der Waals surface area (Å²) >= 11 is 0. The maximum Gasteiger partial charge on any atom is 0.229 e. The molecule has 8 nitrogen and oxygen atoms in total. The molecule has 1 aromatic heterocycles. The summed E-state index contributed by atoms with van der Waals surface area (Å²) in [6.07, 6.45) is 2.50. The molecule has 1 aliphatic rings. The van der Waals surface area contributed by atoms with Crippen LogP contribution in [0.3, 0.4) is 0 Å². The lowest BCUT2D eigenvalue weighted by Crippen LogP contribution is -2.22. The predicted octanol–water partition coefficient (Wildman–Crippen LogP) is 2.61. The van der Waals surface area contributed by atoms with E-state index in [0.29, 0.717) is 43.0 Å². The van der Waals surface area contributed by atoms with Crippen molar-refractivity contribution in [2.45, 2.75) is 26.7 Å². The molecule has 0 saturated carbocycles. The Balaban J connectivity index is 1.99. The molecule has 2 aromatic rings. The van der Waals surface area contributed by atoms with E-state index >= 15 is 0 Å². The molecule has 0 bridgehead atoms. The highest BCUT2D eigenvalue weighted by molar-refractivity contribution is 5.92. The molecule has 4 N–H and O–H groups in total. The smallest absolute Gasteiger partial charge is 0.229 e. The third kappa shape index (κ3) is 3.80. The van der Waals surface area contributed by atoms with E-state index in [4.69, 9.17) is 5.73 Å². The Bertz CT molecular complexity index is 961. The number of nitrogens with one attached hydrogen (secondary N) is 2. The molecule has 3 rings (SSSR count). The highest BCUT2D eigenvalue weighted by atomic mass is 16.1. The van der Waals surface area contributed by atoms with Gasteiger partial charge in [0.25, 0.3) is 0 Å². The molecular formula is C20H23N7O. The minimum absolute atomic E-state index is 0.175. The second kappa shape index (κ2) is 8.50. The second-order valence-electron chi connectivity index (χ2n) is 6.39. The standard InChI is InChI=1S/C20H23N7O/c1-3-27-16-8-5-4-7-15(16)24-19(27)14(11-22)18-13(2)12-23-20(26-18)25-17(28)9-6-10-21/h4-5,7-8,12,24H,3,6,9-10,21H2,1-2H3,(H,23,25,26,28)/b19-14+. The van der Waals surface area contributed by atoms with E-state index in [-0.39, 0.29) is 11.9 Å². The Kier molecular flexibility index (Phi) is 5.87. The van der Waals surface area contributed by atoms with E-state index in [2.05, 4.69) is 26.7 Å². The zero-order valence-electron chi connectivity index (χ0n) is 16.0. The molecule has 8 heteroatoms. The SMILES string of the molecule is CCN1/C(=C(\C#N)c2nc(NC(=O)CCCN)ncc2C)Nc2ccccc21. The number of benzene rings is 1. The van der Waals surface area contributed by atoms with Gasteiger partial charge in [-0.3, -0.25) is 10.1 Å². The number of fused-ring (bicyclic) bond motifs is 1. The maximum atomic E-state index is 12.0. The summed E-state index contributed by atoms with van der Waals surface area (Å²) in [5.74, 6) is 0.649. The van der Waals surface area contributed by atoms with Crippen molar-refractivity contribution in [2.24, 2.45) is 5.73 Å². The summed E-state index contributed by atoms with van der Waals surface area (Å²) < 4.78 is 0. The van der Waals surface area contributed by atoms with E-state index in [1.54, 1.807) is 6.20 Å². The first-order valence-corrected chi connectivity index (χ1v) is 9.21. The summed E-state index contributed by atoms with van der Waals surface area (Å²) in [7, 11) is 0. The van der Waals surface area contributed by atoms with Gasteiger partial charge in [-0.05, 0) is 44.5 Å². The van der Waals surface area contributed by atoms with Gasteiger partial charge in [0, 0.05) is 19.2 Å². The molecule has 1 amide bonds. The third-order valence-corrected chi connectivity index (χ3v) is 4.45. The molecule has 0 radical (unpaired) electrons. The van der Waals surface area contributed by atoms with Gasteiger partial charge in [-0.25, -0.2) is 9.97 Å². The second-order valence-corrected chi connectivity index (χ2v) is 6.39. The van der Waals surface area contributed by atoms with E-state index in [9.17, 15) is 10.1 Å². The lowest BCUT2D eigenvalue weighted by atomic mass is 10.1. The number of rotatable bonds is 6. The third-order valence-electron chi connectivity index (χ3n) is 4.45. The normalized spacial score (nSPS) is 14.1. The molecule has 0 aliphatic carbocycles. The summed E-state index contributed by atoms with van der Waals surface area (Å²) in [6.45, 7) is 4.99. The van der Waals surface area contributed by atoms with Crippen molar-refractivity contribution in [3.05, 3.63) is 47.5 Å². The number of anilines is 3. The van der Waals surface area contributed by atoms with Crippen LogP contribution in [-0.2, 0) is 4.79 Å². The first kappa shape index (κ1) is 19.3. The number of allylic oxidation sites excluding steroid dienone is 1. The number of hydrogen-bond donors (Lipinski definition) is 3. The maximum absolute atomic E-state index is 12.0. The van der Waals surface area contributed by atoms with Crippen molar-refractivity contribution in [1.29, 1.82) is 5.26 Å². The summed E-state index contributed by atoms with van der Waals surface area (Å²) in [6, 6.07) is 10.1. The van der Waals surface area contributed by atoms with Crippen molar-refractivity contribution in [2.75, 3.05) is 28.6 Å². The molecule has 1 aromatic carbocycles. The Morgan fingerprint density at radius 1 is 1.39 bits per heavy atom. The van der Waals surface area contributed by atoms with Crippen LogP contribution in [0.5, 0.6) is 0 Å². The number of nitrogens with two attached hydrogens (primary N) is 1. The van der Waals surface area contributed by atoms with E-state index < -0.39 is 0 Å². The molecular weight excluding hydrogens is 354 g/mol. The number of carbonyl (C=O) groups is 1. The average molecular weight is 377 g/mol. The zero-order chi connectivity index (χ0) is 20.1. The van der Waals surface area contributed by atoms with Crippen LogP contribution in [0.4, 0.5) is 17.3 Å². The lowest BCUT2D eigenvalue weighted by Gasteiger charge is -2.19. The Morgan fingerprint density at radius 3 is 2.89 bits per heavy atom. The number of para-hydroxylation sites is 2. The number of hydrogen-bond acceptors (Lipinski definition) is 7. The van der Waals surface area contributed by atoms with E-state index in [1.807, 2.05) is 43.0 Å². The van der Waals surface area contributed by atoms with Gasteiger partial charge in [0.1, 0.15) is 17.5 Å².